The maximum absolute atomic E-state index is 11.4. The van der Waals surface area contributed by atoms with Gasteiger partial charge in [-0.25, -0.2) is 0 Å². The van der Waals surface area contributed by atoms with E-state index < -0.39 is 0 Å². The lowest BCUT2D eigenvalue weighted by molar-refractivity contribution is -0.121. The van der Waals surface area contributed by atoms with Gasteiger partial charge in [-0.2, -0.15) is 0 Å². The number of ether oxygens (including phenoxy) is 1. The highest BCUT2D eigenvalue weighted by atomic mass is 16.5. The minimum Gasteiger partial charge on any atom is -0.494 e. The molecular weight excluding hydrogens is 242 g/mol. The van der Waals surface area contributed by atoms with Crippen molar-refractivity contribution in [2.24, 2.45) is 0 Å². The molecule has 0 saturated carbocycles. The van der Waals surface area contributed by atoms with E-state index in [4.69, 9.17) is 9.84 Å². The molecule has 2 N–H and O–H groups in total. The third kappa shape index (κ3) is 4.91. The molecule has 106 valence electrons. The van der Waals surface area contributed by atoms with Gasteiger partial charge in [0.25, 0.3) is 0 Å². The van der Waals surface area contributed by atoms with Gasteiger partial charge in [-0.1, -0.05) is 26.0 Å². The zero-order valence-corrected chi connectivity index (χ0v) is 11.9. The number of carbonyl (C=O) groups is 1. The molecule has 0 aliphatic carbocycles. The third-order valence-corrected chi connectivity index (χ3v) is 3.01. The lowest BCUT2D eigenvalue weighted by atomic mass is 9.84. The number of benzene rings is 1. The van der Waals surface area contributed by atoms with Crippen LogP contribution < -0.4 is 10.1 Å². The van der Waals surface area contributed by atoms with Gasteiger partial charge in [0.05, 0.1) is 13.2 Å². The van der Waals surface area contributed by atoms with Crippen LogP contribution in [0.5, 0.6) is 5.75 Å². The molecular formula is C15H23NO3. The molecule has 0 heterocycles. The Labute approximate surface area is 114 Å². The van der Waals surface area contributed by atoms with Crippen molar-refractivity contribution in [1.82, 2.24) is 5.32 Å². The first-order valence-corrected chi connectivity index (χ1v) is 6.60. The van der Waals surface area contributed by atoms with Crippen LogP contribution in [0, 0.1) is 0 Å². The van der Waals surface area contributed by atoms with Crippen LogP contribution in [0.4, 0.5) is 0 Å². The summed E-state index contributed by atoms with van der Waals surface area (Å²) in [6.45, 7) is 7.17. The van der Waals surface area contributed by atoms with Gasteiger partial charge < -0.3 is 15.2 Å². The van der Waals surface area contributed by atoms with Crippen LogP contribution in [0.2, 0.25) is 0 Å². The van der Waals surface area contributed by atoms with E-state index in [0.717, 1.165) is 11.3 Å². The molecule has 0 fully saturated rings. The maximum atomic E-state index is 11.4. The van der Waals surface area contributed by atoms with Crippen LogP contribution in [-0.4, -0.2) is 30.8 Å². The van der Waals surface area contributed by atoms with Crippen molar-refractivity contribution in [3.8, 4) is 5.75 Å². The smallest absolute Gasteiger partial charge is 0.222 e. The normalized spacial score (nSPS) is 11.2. The van der Waals surface area contributed by atoms with E-state index >= 15 is 0 Å². The molecule has 0 aromatic heterocycles. The first kappa shape index (κ1) is 15.5. The summed E-state index contributed by atoms with van der Waals surface area (Å²) in [5, 5.41) is 11.5. The summed E-state index contributed by atoms with van der Waals surface area (Å²) < 4.78 is 5.41. The molecule has 0 spiro atoms. The van der Waals surface area contributed by atoms with Crippen molar-refractivity contribution in [3.05, 3.63) is 29.8 Å². The number of aliphatic hydroxyl groups is 1. The highest BCUT2D eigenvalue weighted by Gasteiger charge is 2.21. The van der Waals surface area contributed by atoms with E-state index in [-0.39, 0.29) is 24.3 Å². The van der Waals surface area contributed by atoms with Crippen molar-refractivity contribution < 1.29 is 14.6 Å². The van der Waals surface area contributed by atoms with Gasteiger partial charge in [0.2, 0.25) is 5.91 Å². The molecule has 0 radical (unpaired) electrons. The number of rotatable bonds is 7. The largest absolute Gasteiger partial charge is 0.494 e. The average Bonchev–Trinajstić information content (AvgIpc) is 2.38. The Morgan fingerprint density at radius 3 is 2.47 bits per heavy atom. The summed E-state index contributed by atoms with van der Waals surface area (Å²) in [6.07, 6.45) is 0.152. The van der Waals surface area contributed by atoms with E-state index in [0.29, 0.717) is 13.2 Å². The van der Waals surface area contributed by atoms with Crippen LogP contribution >= 0.6 is 0 Å². The minimum atomic E-state index is -0.157. The highest BCUT2D eigenvalue weighted by molar-refractivity contribution is 5.76. The Morgan fingerprint density at radius 1 is 1.32 bits per heavy atom. The topological polar surface area (TPSA) is 58.6 Å². The van der Waals surface area contributed by atoms with E-state index in [1.807, 2.05) is 31.2 Å². The van der Waals surface area contributed by atoms with Gasteiger partial charge >= 0.3 is 0 Å². The molecule has 4 nitrogen and oxygen atoms in total. The first-order valence-electron chi connectivity index (χ1n) is 6.60. The van der Waals surface area contributed by atoms with Gasteiger partial charge in [-0.15, -0.1) is 0 Å². The quantitative estimate of drug-likeness (QED) is 0.791. The van der Waals surface area contributed by atoms with Crippen molar-refractivity contribution in [2.45, 2.75) is 32.6 Å². The van der Waals surface area contributed by atoms with E-state index in [1.165, 1.54) is 0 Å². The van der Waals surface area contributed by atoms with Crippen molar-refractivity contribution in [1.29, 1.82) is 0 Å². The fourth-order valence-electron chi connectivity index (χ4n) is 1.78. The second kappa shape index (κ2) is 7.14. The zero-order chi connectivity index (χ0) is 14.3. The Kier molecular flexibility index (Phi) is 5.83. The Balaban J connectivity index is 2.63. The zero-order valence-electron chi connectivity index (χ0n) is 11.9. The van der Waals surface area contributed by atoms with Crippen LogP contribution in [0.15, 0.2) is 24.3 Å². The molecule has 19 heavy (non-hydrogen) atoms. The van der Waals surface area contributed by atoms with Crippen LogP contribution in [0.1, 0.15) is 32.8 Å². The summed E-state index contributed by atoms with van der Waals surface area (Å²) in [5.74, 6) is 0.730. The molecule has 1 amide bonds. The molecule has 0 aliphatic heterocycles. The molecule has 4 heteroatoms. The Bertz CT molecular complexity index is 398. The predicted octanol–water partition coefficient (Wildman–Crippen LogP) is 1.86. The van der Waals surface area contributed by atoms with Gasteiger partial charge in [-0.3, -0.25) is 4.79 Å². The van der Waals surface area contributed by atoms with Gasteiger partial charge in [-0.05, 0) is 24.6 Å². The molecule has 0 bridgehead atoms. The molecule has 1 aromatic rings. The minimum absolute atomic E-state index is 0.116. The van der Waals surface area contributed by atoms with Crippen molar-refractivity contribution >= 4 is 5.91 Å². The molecule has 0 aliphatic rings. The number of nitrogens with one attached hydrogen (secondary N) is 1. The number of amides is 1. The molecule has 0 saturated heterocycles. The van der Waals surface area contributed by atoms with Gasteiger partial charge in [0, 0.05) is 18.4 Å². The summed E-state index contributed by atoms with van der Waals surface area (Å²) in [5.41, 5.74) is 0.982. The van der Waals surface area contributed by atoms with Crippen molar-refractivity contribution in [2.75, 3.05) is 19.8 Å². The van der Waals surface area contributed by atoms with Gasteiger partial charge in [0.1, 0.15) is 5.75 Å². The number of aliphatic hydroxyl groups excluding tert-OH is 1. The Morgan fingerprint density at radius 2 is 1.95 bits per heavy atom. The lowest BCUT2D eigenvalue weighted by Gasteiger charge is -2.26. The number of hydrogen-bond donors (Lipinski definition) is 2. The van der Waals surface area contributed by atoms with Crippen LogP contribution in [0.3, 0.4) is 0 Å². The predicted molar refractivity (Wildman–Crippen MR) is 75.3 cm³/mol. The third-order valence-electron chi connectivity index (χ3n) is 3.01. The second-order valence-corrected chi connectivity index (χ2v) is 5.09. The lowest BCUT2D eigenvalue weighted by Crippen LogP contribution is -2.36. The standard InChI is InChI=1S/C15H23NO3/c1-4-19-13-7-5-12(6-8-13)15(2,3)11-16-14(18)9-10-17/h5-8,17H,4,9-11H2,1-3H3,(H,16,18). The fourth-order valence-corrected chi connectivity index (χ4v) is 1.78. The molecule has 1 rings (SSSR count). The average molecular weight is 265 g/mol. The van der Waals surface area contributed by atoms with Crippen molar-refractivity contribution in [3.63, 3.8) is 0 Å². The number of hydrogen-bond acceptors (Lipinski definition) is 3. The first-order chi connectivity index (χ1) is 8.99. The fraction of sp³-hybridized carbons (Fsp3) is 0.533. The summed E-state index contributed by atoms with van der Waals surface area (Å²) in [4.78, 5) is 11.4. The molecule has 0 atom stereocenters. The summed E-state index contributed by atoms with van der Waals surface area (Å²) >= 11 is 0. The maximum Gasteiger partial charge on any atom is 0.222 e. The van der Waals surface area contributed by atoms with Crippen LogP contribution in [-0.2, 0) is 10.2 Å². The molecule has 0 unspecified atom stereocenters. The highest BCUT2D eigenvalue weighted by Crippen LogP contribution is 2.24. The van der Waals surface area contributed by atoms with E-state index in [9.17, 15) is 4.79 Å². The summed E-state index contributed by atoms with van der Waals surface area (Å²) in [6, 6.07) is 7.92. The second-order valence-electron chi connectivity index (χ2n) is 5.09. The van der Waals surface area contributed by atoms with E-state index in [1.54, 1.807) is 0 Å². The van der Waals surface area contributed by atoms with Crippen LogP contribution in [0.25, 0.3) is 0 Å². The summed E-state index contributed by atoms with van der Waals surface area (Å²) in [7, 11) is 0. The molecule has 1 aromatic carbocycles. The SMILES string of the molecule is CCOc1ccc(C(C)(C)CNC(=O)CCO)cc1. The number of carbonyl (C=O) groups excluding carboxylic acids is 1. The Hall–Kier alpha value is -1.55. The van der Waals surface area contributed by atoms with Gasteiger partial charge in [0.15, 0.2) is 0 Å². The monoisotopic (exact) mass is 265 g/mol. The van der Waals surface area contributed by atoms with E-state index in [2.05, 4.69) is 19.2 Å².